The lowest BCUT2D eigenvalue weighted by Crippen LogP contribution is -2.32. The van der Waals surface area contributed by atoms with E-state index in [0.29, 0.717) is 43.8 Å². The van der Waals surface area contributed by atoms with Crippen LogP contribution in [0.5, 0.6) is 11.5 Å². The average Bonchev–Trinajstić information content (AvgIpc) is 2.79. The lowest BCUT2D eigenvalue weighted by Gasteiger charge is -2.13. The molecular formula is C24H19Cl4N3O4. The molecule has 0 aliphatic carbocycles. The van der Waals surface area contributed by atoms with E-state index in [1.165, 1.54) is 24.4 Å². The minimum Gasteiger partial charge on any atom is -0.490 e. The average molecular weight is 555 g/mol. The third-order valence-corrected chi connectivity index (χ3v) is 5.40. The van der Waals surface area contributed by atoms with E-state index in [1.54, 1.807) is 36.4 Å². The van der Waals surface area contributed by atoms with Gasteiger partial charge in [-0.25, -0.2) is 5.43 Å². The lowest BCUT2D eigenvalue weighted by atomic mass is 10.2. The molecule has 0 aliphatic rings. The maximum Gasteiger partial charge on any atom is 0.329 e. The van der Waals surface area contributed by atoms with Gasteiger partial charge in [-0.05, 0) is 61.0 Å². The number of hydrogen-bond donors (Lipinski definition) is 2. The van der Waals surface area contributed by atoms with Crippen molar-refractivity contribution in [1.29, 1.82) is 0 Å². The minimum absolute atomic E-state index is 0.215. The van der Waals surface area contributed by atoms with E-state index in [0.717, 1.165) is 5.56 Å². The van der Waals surface area contributed by atoms with E-state index >= 15 is 0 Å². The minimum atomic E-state index is -0.970. The fourth-order valence-electron chi connectivity index (χ4n) is 2.82. The summed E-state index contributed by atoms with van der Waals surface area (Å²) in [4.78, 5) is 24.1. The normalized spacial score (nSPS) is 10.8. The Morgan fingerprint density at radius 1 is 0.857 bits per heavy atom. The van der Waals surface area contributed by atoms with Gasteiger partial charge in [0.25, 0.3) is 0 Å². The Balaban J connectivity index is 1.61. The molecule has 0 spiro atoms. The van der Waals surface area contributed by atoms with Crippen molar-refractivity contribution in [2.24, 2.45) is 5.10 Å². The van der Waals surface area contributed by atoms with E-state index in [4.69, 9.17) is 55.9 Å². The second-order valence-electron chi connectivity index (χ2n) is 6.97. The predicted octanol–water partition coefficient (Wildman–Crippen LogP) is 6.37. The lowest BCUT2D eigenvalue weighted by molar-refractivity contribution is -0.136. The van der Waals surface area contributed by atoms with Gasteiger partial charge < -0.3 is 14.8 Å². The first-order valence-corrected chi connectivity index (χ1v) is 11.7. The van der Waals surface area contributed by atoms with Crippen molar-refractivity contribution in [2.75, 3.05) is 11.9 Å². The van der Waals surface area contributed by atoms with Crippen molar-refractivity contribution in [3.05, 3.63) is 85.8 Å². The second kappa shape index (κ2) is 12.7. The quantitative estimate of drug-likeness (QED) is 0.192. The number of benzene rings is 3. The molecule has 0 heterocycles. The first-order chi connectivity index (χ1) is 16.7. The van der Waals surface area contributed by atoms with Gasteiger partial charge in [-0.1, -0.05) is 52.5 Å². The van der Waals surface area contributed by atoms with Crippen molar-refractivity contribution < 1.29 is 19.1 Å². The standard InChI is InChI=1S/C24H19Cl4N3O4/c1-2-34-22-7-14(3-6-21(22)35-13-15-4-5-16(25)11-20(15)28)12-29-31-24(33)23(32)30-19-9-17(26)8-18(27)10-19/h3-12H,2,13H2,1H3,(H,30,32)(H,31,33). The summed E-state index contributed by atoms with van der Waals surface area (Å²) < 4.78 is 11.5. The number of carbonyl (C=O) groups is 2. The molecule has 11 heteroatoms. The molecule has 0 unspecified atom stereocenters. The molecule has 0 saturated carbocycles. The van der Waals surface area contributed by atoms with Gasteiger partial charge in [0.2, 0.25) is 0 Å². The highest BCUT2D eigenvalue weighted by molar-refractivity contribution is 6.40. The van der Waals surface area contributed by atoms with Crippen LogP contribution < -0.4 is 20.2 Å². The molecular weight excluding hydrogens is 536 g/mol. The topological polar surface area (TPSA) is 89.0 Å². The highest BCUT2D eigenvalue weighted by Crippen LogP contribution is 2.30. The number of amides is 2. The monoisotopic (exact) mass is 553 g/mol. The van der Waals surface area contributed by atoms with Crippen LogP contribution in [0, 0.1) is 0 Å². The molecule has 0 fully saturated rings. The zero-order valence-electron chi connectivity index (χ0n) is 18.3. The zero-order valence-corrected chi connectivity index (χ0v) is 21.3. The summed E-state index contributed by atoms with van der Waals surface area (Å²) in [6.07, 6.45) is 1.36. The van der Waals surface area contributed by atoms with Gasteiger partial charge in [-0.2, -0.15) is 5.10 Å². The van der Waals surface area contributed by atoms with Crippen LogP contribution in [0.2, 0.25) is 20.1 Å². The Hall–Kier alpha value is -2.97. The smallest absolute Gasteiger partial charge is 0.329 e. The van der Waals surface area contributed by atoms with Crippen molar-refractivity contribution in [1.82, 2.24) is 5.43 Å². The van der Waals surface area contributed by atoms with E-state index in [2.05, 4.69) is 15.8 Å². The summed E-state index contributed by atoms with van der Waals surface area (Å²) in [6, 6.07) is 14.7. The second-order valence-corrected chi connectivity index (χ2v) is 8.69. The zero-order chi connectivity index (χ0) is 25.4. The molecule has 0 aromatic heterocycles. The SMILES string of the molecule is CCOc1cc(C=NNC(=O)C(=O)Nc2cc(Cl)cc(Cl)c2)ccc1OCc1ccc(Cl)cc1Cl. The summed E-state index contributed by atoms with van der Waals surface area (Å²) in [6.45, 7) is 2.46. The van der Waals surface area contributed by atoms with Crippen molar-refractivity contribution in [3.63, 3.8) is 0 Å². The van der Waals surface area contributed by atoms with Crippen LogP contribution in [0.25, 0.3) is 0 Å². The molecule has 3 aromatic rings. The molecule has 0 aliphatic heterocycles. The fourth-order valence-corrected chi connectivity index (χ4v) is 3.81. The first-order valence-electron chi connectivity index (χ1n) is 10.2. The Bertz CT molecular complexity index is 1250. The maximum atomic E-state index is 12.1. The van der Waals surface area contributed by atoms with Gasteiger partial charge in [0, 0.05) is 31.3 Å². The maximum absolute atomic E-state index is 12.1. The van der Waals surface area contributed by atoms with Crippen molar-refractivity contribution >= 4 is 70.1 Å². The molecule has 0 saturated heterocycles. The van der Waals surface area contributed by atoms with E-state index in [-0.39, 0.29) is 12.3 Å². The van der Waals surface area contributed by atoms with Crippen LogP contribution >= 0.6 is 46.4 Å². The molecule has 2 N–H and O–H groups in total. The van der Waals surface area contributed by atoms with Crippen LogP contribution in [0.1, 0.15) is 18.1 Å². The van der Waals surface area contributed by atoms with Crippen molar-refractivity contribution in [2.45, 2.75) is 13.5 Å². The van der Waals surface area contributed by atoms with Crippen LogP contribution in [0.3, 0.4) is 0 Å². The number of nitrogens with one attached hydrogen (secondary N) is 2. The molecule has 0 atom stereocenters. The number of rotatable bonds is 8. The molecule has 2 amide bonds. The largest absolute Gasteiger partial charge is 0.490 e. The molecule has 3 aromatic carbocycles. The van der Waals surface area contributed by atoms with E-state index in [1.807, 2.05) is 6.92 Å². The highest BCUT2D eigenvalue weighted by atomic mass is 35.5. The number of anilines is 1. The summed E-state index contributed by atoms with van der Waals surface area (Å²) in [5.41, 5.74) is 3.81. The third-order valence-electron chi connectivity index (χ3n) is 4.37. The van der Waals surface area contributed by atoms with Crippen LogP contribution in [-0.4, -0.2) is 24.6 Å². The molecule has 182 valence electrons. The number of halogens is 4. The Morgan fingerprint density at radius 2 is 1.60 bits per heavy atom. The predicted molar refractivity (Wildman–Crippen MR) is 139 cm³/mol. The Kier molecular flexibility index (Phi) is 9.63. The third kappa shape index (κ3) is 8.04. The molecule has 3 rings (SSSR count). The number of carbonyl (C=O) groups excluding carboxylic acids is 2. The van der Waals surface area contributed by atoms with E-state index < -0.39 is 11.8 Å². The number of hydrazone groups is 1. The fraction of sp³-hybridized carbons (Fsp3) is 0.125. The Morgan fingerprint density at radius 3 is 2.29 bits per heavy atom. The van der Waals surface area contributed by atoms with Gasteiger partial charge in [-0.15, -0.1) is 0 Å². The molecule has 35 heavy (non-hydrogen) atoms. The molecule has 0 bridgehead atoms. The summed E-state index contributed by atoms with van der Waals surface area (Å²) in [5.74, 6) is -0.927. The van der Waals surface area contributed by atoms with Gasteiger partial charge in [-0.3, -0.25) is 9.59 Å². The molecule has 0 radical (unpaired) electrons. The summed E-state index contributed by atoms with van der Waals surface area (Å²) in [5, 5.41) is 7.89. The summed E-state index contributed by atoms with van der Waals surface area (Å²) in [7, 11) is 0. The van der Waals surface area contributed by atoms with Crippen LogP contribution in [0.15, 0.2) is 59.7 Å². The van der Waals surface area contributed by atoms with E-state index in [9.17, 15) is 9.59 Å². The van der Waals surface area contributed by atoms with Gasteiger partial charge >= 0.3 is 11.8 Å². The summed E-state index contributed by atoms with van der Waals surface area (Å²) >= 11 is 23.9. The Labute approximate surface area is 221 Å². The number of ether oxygens (including phenoxy) is 2. The van der Waals surface area contributed by atoms with Crippen molar-refractivity contribution in [3.8, 4) is 11.5 Å². The van der Waals surface area contributed by atoms with Gasteiger partial charge in [0.05, 0.1) is 12.8 Å². The molecule has 7 nitrogen and oxygen atoms in total. The van der Waals surface area contributed by atoms with Crippen LogP contribution in [0.4, 0.5) is 5.69 Å². The highest BCUT2D eigenvalue weighted by Gasteiger charge is 2.14. The first kappa shape index (κ1) is 26.6. The number of nitrogens with zero attached hydrogens (tertiary/aromatic N) is 1. The number of hydrogen-bond acceptors (Lipinski definition) is 5. The van der Waals surface area contributed by atoms with Gasteiger partial charge in [0.1, 0.15) is 6.61 Å². The van der Waals surface area contributed by atoms with Crippen LogP contribution in [-0.2, 0) is 16.2 Å². The van der Waals surface area contributed by atoms with Gasteiger partial charge in [0.15, 0.2) is 11.5 Å².